The fraction of sp³-hybridized carbons (Fsp3) is 1.00. The van der Waals surface area contributed by atoms with Gasteiger partial charge in [-0.15, -0.1) is 0 Å². The van der Waals surface area contributed by atoms with E-state index in [-0.39, 0.29) is 0 Å². The smallest absolute Gasteiger partial charge is 0.0645 e. The third-order valence-corrected chi connectivity index (χ3v) is 4.99. The molecule has 1 atom stereocenters. The molecule has 0 aliphatic carbocycles. The van der Waals surface area contributed by atoms with Crippen molar-refractivity contribution in [2.75, 3.05) is 45.9 Å². The maximum atomic E-state index is 9.97. The van der Waals surface area contributed by atoms with Gasteiger partial charge in [0.2, 0.25) is 0 Å². The van der Waals surface area contributed by atoms with Gasteiger partial charge in [0.1, 0.15) is 0 Å². The number of hydrogen-bond acceptors (Lipinski definition) is 6. The number of hydrogen-bond donors (Lipinski definition) is 3. The van der Waals surface area contributed by atoms with Gasteiger partial charge in [0.25, 0.3) is 0 Å². The molecule has 4 N–H and O–H groups in total. The van der Waals surface area contributed by atoms with Crippen LogP contribution in [0.2, 0.25) is 0 Å². The Kier molecular flexibility index (Phi) is 4.31. The van der Waals surface area contributed by atoms with E-state index in [9.17, 15) is 5.11 Å². The quantitative estimate of drug-likeness (QED) is 0.616. The van der Waals surface area contributed by atoms with Gasteiger partial charge in [-0.05, 0) is 26.2 Å². The topological polar surface area (TPSA) is 68.0 Å². The molecule has 6 heteroatoms. The summed E-state index contributed by atoms with van der Waals surface area (Å²) in [5, 5.41) is 18.4. The van der Waals surface area contributed by atoms with E-state index in [0.29, 0.717) is 12.1 Å². The Morgan fingerprint density at radius 3 is 2.45 bits per heavy atom. The van der Waals surface area contributed by atoms with E-state index in [1.165, 1.54) is 0 Å². The fourth-order valence-electron chi connectivity index (χ4n) is 3.34. The van der Waals surface area contributed by atoms with Gasteiger partial charge in [-0.2, -0.15) is 0 Å². The van der Waals surface area contributed by atoms with Gasteiger partial charge in [0.05, 0.1) is 5.60 Å². The predicted octanol–water partition coefficient (Wildman–Crippen LogP) is -0.987. The number of hydrazine groups is 1. The van der Waals surface area contributed by atoms with Gasteiger partial charge in [-0.3, -0.25) is 10.2 Å². The molecule has 3 aliphatic rings. The number of nitrogens with zero attached hydrogens (tertiary/aromatic N) is 3. The molecule has 1 unspecified atom stereocenters. The minimum absolute atomic E-state index is 0.371. The fourth-order valence-corrected chi connectivity index (χ4v) is 3.34. The minimum Gasteiger partial charge on any atom is -0.390 e. The summed E-state index contributed by atoms with van der Waals surface area (Å²) in [7, 11) is 0. The second-order valence-corrected chi connectivity index (χ2v) is 7.01. The van der Waals surface area contributed by atoms with Crippen LogP contribution < -0.4 is 11.1 Å². The molecule has 0 aromatic heterocycles. The van der Waals surface area contributed by atoms with Crippen molar-refractivity contribution in [3.63, 3.8) is 0 Å². The number of nitrogens with two attached hydrogens (primary N) is 1. The van der Waals surface area contributed by atoms with Crippen molar-refractivity contribution in [3.8, 4) is 0 Å². The maximum absolute atomic E-state index is 9.97. The lowest BCUT2D eigenvalue weighted by Crippen LogP contribution is -2.66. The van der Waals surface area contributed by atoms with E-state index in [0.717, 1.165) is 65.2 Å². The van der Waals surface area contributed by atoms with Crippen LogP contribution in [0.15, 0.2) is 0 Å². The Morgan fingerprint density at radius 2 is 1.85 bits per heavy atom. The zero-order valence-electron chi connectivity index (χ0n) is 12.6. The van der Waals surface area contributed by atoms with Crippen molar-refractivity contribution >= 4 is 0 Å². The Hall–Kier alpha value is -0.240. The number of likely N-dealkylation sites (tertiary alicyclic amines) is 1. The van der Waals surface area contributed by atoms with Crippen molar-refractivity contribution in [2.45, 2.75) is 43.9 Å². The highest BCUT2D eigenvalue weighted by atomic mass is 16.3. The molecule has 3 aliphatic heterocycles. The molecule has 0 aromatic rings. The van der Waals surface area contributed by atoms with Crippen LogP contribution in [-0.4, -0.2) is 83.6 Å². The monoisotopic (exact) mass is 283 g/mol. The van der Waals surface area contributed by atoms with E-state index in [2.05, 4.69) is 20.2 Å². The Balaban J connectivity index is 1.31. The number of nitrogens with one attached hydrogen (secondary N) is 1. The van der Waals surface area contributed by atoms with Crippen LogP contribution in [0.4, 0.5) is 0 Å². The van der Waals surface area contributed by atoms with Crippen LogP contribution in [0.3, 0.4) is 0 Å². The lowest BCUT2D eigenvalue weighted by atomic mass is 9.94. The molecule has 0 spiro atoms. The zero-order valence-corrected chi connectivity index (χ0v) is 12.6. The lowest BCUT2D eigenvalue weighted by Gasteiger charge is -2.49. The first-order valence-electron chi connectivity index (χ1n) is 7.95. The van der Waals surface area contributed by atoms with Gasteiger partial charge >= 0.3 is 0 Å². The van der Waals surface area contributed by atoms with E-state index in [1.54, 1.807) is 0 Å². The molecule has 20 heavy (non-hydrogen) atoms. The van der Waals surface area contributed by atoms with E-state index >= 15 is 0 Å². The van der Waals surface area contributed by atoms with Crippen molar-refractivity contribution in [1.29, 1.82) is 0 Å². The van der Waals surface area contributed by atoms with Gasteiger partial charge in [0, 0.05) is 58.0 Å². The zero-order chi connectivity index (χ0) is 14.2. The second kappa shape index (κ2) is 5.87. The highest BCUT2D eigenvalue weighted by molar-refractivity contribution is 4.89. The number of rotatable bonds is 4. The lowest BCUT2D eigenvalue weighted by molar-refractivity contribution is -0.133. The molecule has 3 fully saturated rings. The molecule has 0 radical (unpaired) electrons. The summed E-state index contributed by atoms with van der Waals surface area (Å²) in [4.78, 5) is 2.41. The molecule has 3 saturated heterocycles. The van der Waals surface area contributed by atoms with Crippen LogP contribution in [0, 0.1) is 0 Å². The molecule has 0 bridgehead atoms. The number of aliphatic hydroxyl groups is 1. The van der Waals surface area contributed by atoms with Crippen LogP contribution in [-0.2, 0) is 0 Å². The maximum Gasteiger partial charge on any atom is 0.0645 e. The normalized spacial score (nSPS) is 33.5. The molecule has 3 heterocycles. The highest BCUT2D eigenvalue weighted by Gasteiger charge is 2.35. The summed E-state index contributed by atoms with van der Waals surface area (Å²) < 4.78 is 0. The number of piperidine rings is 1. The third-order valence-electron chi connectivity index (χ3n) is 4.99. The van der Waals surface area contributed by atoms with Crippen LogP contribution in [0.25, 0.3) is 0 Å². The molecular formula is C14H29N5O. The van der Waals surface area contributed by atoms with Crippen molar-refractivity contribution in [2.24, 2.45) is 5.73 Å². The molecule has 3 rings (SSSR count). The van der Waals surface area contributed by atoms with Gasteiger partial charge < -0.3 is 10.8 Å². The van der Waals surface area contributed by atoms with Crippen LogP contribution in [0.5, 0.6) is 0 Å². The van der Waals surface area contributed by atoms with Crippen molar-refractivity contribution in [3.05, 3.63) is 0 Å². The first kappa shape index (κ1) is 14.7. The standard InChI is InChI=1S/C14H29N5O/c1-14(20)3-6-18(7-4-14)19-9-13(10-19)16-11-17-5-2-12(15)8-17/h12-13,16,20H,2-11,15H2,1H3. The average molecular weight is 283 g/mol. The van der Waals surface area contributed by atoms with Gasteiger partial charge in [0.15, 0.2) is 0 Å². The molecular weight excluding hydrogens is 254 g/mol. The van der Waals surface area contributed by atoms with Crippen LogP contribution >= 0.6 is 0 Å². The Bertz CT molecular complexity index is 322. The molecule has 0 amide bonds. The molecule has 6 nitrogen and oxygen atoms in total. The van der Waals surface area contributed by atoms with Gasteiger partial charge in [-0.1, -0.05) is 0 Å². The third kappa shape index (κ3) is 3.50. The summed E-state index contributed by atoms with van der Waals surface area (Å²) in [6.45, 7) is 9.26. The summed E-state index contributed by atoms with van der Waals surface area (Å²) >= 11 is 0. The average Bonchev–Trinajstić information content (AvgIpc) is 2.75. The predicted molar refractivity (Wildman–Crippen MR) is 79.0 cm³/mol. The minimum atomic E-state index is -0.451. The van der Waals surface area contributed by atoms with Gasteiger partial charge in [-0.25, -0.2) is 10.0 Å². The molecule has 116 valence electrons. The molecule has 0 aromatic carbocycles. The van der Waals surface area contributed by atoms with Crippen LogP contribution in [0.1, 0.15) is 26.2 Å². The Labute approximate surface area is 121 Å². The summed E-state index contributed by atoms with van der Waals surface area (Å²) in [6, 6.07) is 0.977. The summed E-state index contributed by atoms with van der Waals surface area (Å²) in [6.07, 6.45) is 2.90. The van der Waals surface area contributed by atoms with Crippen molar-refractivity contribution in [1.82, 2.24) is 20.2 Å². The van der Waals surface area contributed by atoms with E-state index in [4.69, 9.17) is 5.73 Å². The second-order valence-electron chi connectivity index (χ2n) is 7.01. The SMILES string of the molecule is CC1(O)CCN(N2CC(NCN3CCC(N)C3)C2)CC1. The first-order chi connectivity index (χ1) is 9.52. The summed E-state index contributed by atoms with van der Waals surface area (Å²) in [5.41, 5.74) is 5.46. The molecule has 0 saturated carbocycles. The highest BCUT2D eigenvalue weighted by Crippen LogP contribution is 2.24. The Morgan fingerprint density at radius 1 is 1.15 bits per heavy atom. The summed E-state index contributed by atoms with van der Waals surface area (Å²) in [5.74, 6) is 0. The van der Waals surface area contributed by atoms with E-state index in [1.807, 2.05) is 6.92 Å². The van der Waals surface area contributed by atoms with Crippen molar-refractivity contribution < 1.29 is 5.11 Å². The largest absolute Gasteiger partial charge is 0.390 e. The van der Waals surface area contributed by atoms with E-state index < -0.39 is 5.60 Å². The first-order valence-corrected chi connectivity index (χ1v) is 7.95.